The number of nitrogens with one attached hydrogen (secondary N) is 1. The number of carboxylic acid groups (broad SMARTS) is 1. The Bertz CT molecular complexity index is 573. The van der Waals surface area contributed by atoms with Crippen LogP contribution in [0.25, 0.3) is 0 Å². The number of carboxylic acids is 1. The Hall–Kier alpha value is -1.25. The van der Waals surface area contributed by atoms with E-state index < -0.39 is 16.0 Å². The third-order valence-corrected chi connectivity index (χ3v) is 4.79. The first-order valence-electron chi connectivity index (χ1n) is 6.00. The highest BCUT2D eigenvalue weighted by Crippen LogP contribution is 2.19. The molecule has 1 aromatic rings. The number of unbranched alkanes of at least 4 members (excludes halogenated alkanes) is 1. The molecule has 0 radical (unpaired) electrons. The van der Waals surface area contributed by atoms with E-state index in [2.05, 4.69) is 4.72 Å². The Kier molecular flexibility index (Phi) is 6.31. The number of benzene rings is 1. The third kappa shape index (κ3) is 4.69. The molecule has 112 valence electrons. The molecule has 0 aromatic heterocycles. The van der Waals surface area contributed by atoms with Crippen molar-refractivity contribution in [3.63, 3.8) is 0 Å². The minimum absolute atomic E-state index is 0.206. The van der Waals surface area contributed by atoms with E-state index in [1.807, 2.05) is 6.26 Å². The predicted octanol–water partition coefficient (Wildman–Crippen LogP) is 1.39. The lowest BCUT2D eigenvalue weighted by Crippen LogP contribution is -2.26. The number of sulfonamides is 1. The minimum atomic E-state index is -3.86. The molecule has 0 unspecified atom stereocenters. The molecule has 0 aliphatic rings. The molecule has 1 rings (SSSR count). The average molecular weight is 318 g/mol. The molecule has 0 fully saturated rings. The predicted molar refractivity (Wildman–Crippen MR) is 80.6 cm³/mol. The first kappa shape index (κ1) is 16.8. The number of anilines is 1. The zero-order valence-electron chi connectivity index (χ0n) is 11.1. The van der Waals surface area contributed by atoms with Crippen LogP contribution in [0.2, 0.25) is 0 Å². The number of thioether (sulfide) groups is 1. The van der Waals surface area contributed by atoms with Crippen molar-refractivity contribution in [2.24, 2.45) is 0 Å². The molecule has 0 spiro atoms. The van der Waals surface area contributed by atoms with Crippen molar-refractivity contribution < 1.29 is 18.3 Å². The molecule has 0 saturated carbocycles. The van der Waals surface area contributed by atoms with Crippen LogP contribution >= 0.6 is 11.8 Å². The second-order valence-electron chi connectivity index (χ2n) is 4.16. The summed E-state index contributed by atoms with van der Waals surface area (Å²) in [6.07, 6.45) is 3.58. The lowest BCUT2D eigenvalue weighted by Gasteiger charge is -2.10. The molecule has 0 saturated heterocycles. The molecule has 1 aromatic carbocycles. The van der Waals surface area contributed by atoms with Gasteiger partial charge in [-0.15, -0.1) is 0 Å². The second-order valence-corrected chi connectivity index (χ2v) is 6.88. The fraction of sp³-hybridized carbons (Fsp3) is 0.417. The molecule has 0 aliphatic carbocycles. The quantitative estimate of drug-likeness (QED) is 0.493. The fourth-order valence-corrected chi connectivity index (χ4v) is 3.39. The molecule has 0 heterocycles. The van der Waals surface area contributed by atoms with E-state index in [-0.39, 0.29) is 22.7 Å². The number of nitrogens with two attached hydrogens (primary N) is 1. The average Bonchev–Trinajstić information content (AvgIpc) is 2.38. The van der Waals surface area contributed by atoms with Crippen molar-refractivity contribution >= 4 is 33.4 Å². The number of carbonyl (C=O) groups is 1. The van der Waals surface area contributed by atoms with Crippen LogP contribution in [0.3, 0.4) is 0 Å². The van der Waals surface area contributed by atoms with Gasteiger partial charge >= 0.3 is 5.97 Å². The third-order valence-electron chi connectivity index (χ3n) is 2.59. The SMILES string of the molecule is CSCCCCNS(=O)(=O)c1cc(N)ccc1C(=O)O. The Labute approximate surface area is 122 Å². The summed E-state index contributed by atoms with van der Waals surface area (Å²) >= 11 is 1.69. The Balaban J connectivity index is 2.86. The van der Waals surface area contributed by atoms with Gasteiger partial charge in [0, 0.05) is 12.2 Å². The summed E-state index contributed by atoms with van der Waals surface area (Å²) in [5.41, 5.74) is 5.46. The van der Waals surface area contributed by atoms with Crippen LogP contribution < -0.4 is 10.5 Å². The summed E-state index contributed by atoms with van der Waals surface area (Å²) in [4.78, 5) is 10.8. The molecule has 20 heavy (non-hydrogen) atoms. The van der Waals surface area contributed by atoms with E-state index >= 15 is 0 Å². The van der Waals surface area contributed by atoms with Crippen LogP contribution in [-0.4, -0.2) is 38.0 Å². The molecular weight excluding hydrogens is 300 g/mol. The summed E-state index contributed by atoms with van der Waals surface area (Å²) in [6, 6.07) is 3.72. The van der Waals surface area contributed by atoms with Gasteiger partial charge in [-0.1, -0.05) is 0 Å². The lowest BCUT2D eigenvalue weighted by atomic mass is 10.2. The van der Waals surface area contributed by atoms with Gasteiger partial charge < -0.3 is 10.8 Å². The first-order valence-corrected chi connectivity index (χ1v) is 8.87. The fourth-order valence-electron chi connectivity index (χ4n) is 1.59. The maximum absolute atomic E-state index is 12.1. The summed E-state index contributed by atoms with van der Waals surface area (Å²) in [5.74, 6) is -0.340. The van der Waals surface area contributed by atoms with E-state index in [4.69, 9.17) is 10.8 Å². The van der Waals surface area contributed by atoms with Crippen LogP contribution in [0.1, 0.15) is 23.2 Å². The molecule has 8 heteroatoms. The number of nitrogen functional groups attached to an aromatic ring is 1. The summed E-state index contributed by atoms with van der Waals surface area (Å²) < 4.78 is 26.6. The van der Waals surface area contributed by atoms with Crippen LogP contribution in [0, 0.1) is 0 Å². The Morgan fingerprint density at radius 2 is 2.10 bits per heavy atom. The smallest absolute Gasteiger partial charge is 0.337 e. The van der Waals surface area contributed by atoms with Gasteiger partial charge in [0.25, 0.3) is 0 Å². The van der Waals surface area contributed by atoms with Crippen molar-refractivity contribution in [3.05, 3.63) is 23.8 Å². The molecule has 0 amide bonds. The highest BCUT2D eigenvalue weighted by molar-refractivity contribution is 7.98. The van der Waals surface area contributed by atoms with Crippen LogP contribution in [-0.2, 0) is 10.0 Å². The highest BCUT2D eigenvalue weighted by Gasteiger charge is 2.22. The minimum Gasteiger partial charge on any atom is -0.478 e. The zero-order valence-corrected chi connectivity index (χ0v) is 12.8. The van der Waals surface area contributed by atoms with E-state index in [9.17, 15) is 13.2 Å². The van der Waals surface area contributed by atoms with Crippen LogP contribution in [0.4, 0.5) is 5.69 Å². The summed E-state index contributed by atoms with van der Waals surface area (Å²) in [5, 5.41) is 9.03. The second kappa shape index (κ2) is 7.51. The molecule has 6 nitrogen and oxygen atoms in total. The van der Waals surface area contributed by atoms with Gasteiger partial charge in [0.1, 0.15) is 0 Å². The standard InChI is InChI=1S/C12H18N2O4S2/c1-19-7-3-2-6-14-20(17,18)11-8-9(13)4-5-10(11)12(15)16/h4-5,8,14H,2-3,6-7,13H2,1H3,(H,15,16). The number of aromatic carboxylic acids is 1. The summed E-state index contributed by atoms with van der Waals surface area (Å²) in [6.45, 7) is 0.275. The maximum Gasteiger partial charge on any atom is 0.337 e. The van der Waals surface area contributed by atoms with Gasteiger partial charge in [0.2, 0.25) is 10.0 Å². The normalized spacial score (nSPS) is 11.4. The van der Waals surface area contributed by atoms with Gasteiger partial charge in [-0.25, -0.2) is 17.9 Å². The van der Waals surface area contributed by atoms with E-state index in [1.54, 1.807) is 11.8 Å². The monoisotopic (exact) mass is 318 g/mol. The van der Waals surface area contributed by atoms with Gasteiger partial charge in [0.05, 0.1) is 10.5 Å². The largest absolute Gasteiger partial charge is 0.478 e. The topological polar surface area (TPSA) is 109 Å². The number of rotatable bonds is 8. The van der Waals surface area contributed by atoms with Crippen molar-refractivity contribution in [1.29, 1.82) is 0 Å². The highest BCUT2D eigenvalue weighted by atomic mass is 32.2. The van der Waals surface area contributed by atoms with E-state index in [0.717, 1.165) is 18.2 Å². The Morgan fingerprint density at radius 3 is 2.70 bits per heavy atom. The Morgan fingerprint density at radius 1 is 1.40 bits per heavy atom. The lowest BCUT2D eigenvalue weighted by molar-refractivity contribution is 0.0692. The van der Waals surface area contributed by atoms with Crippen molar-refractivity contribution in [1.82, 2.24) is 4.72 Å². The molecule has 0 atom stereocenters. The van der Waals surface area contributed by atoms with Crippen molar-refractivity contribution in [2.75, 3.05) is 24.3 Å². The number of hydrogen-bond acceptors (Lipinski definition) is 5. The first-order chi connectivity index (χ1) is 9.38. The maximum atomic E-state index is 12.1. The molecule has 4 N–H and O–H groups in total. The molecule has 0 bridgehead atoms. The molecular formula is C12H18N2O4S2. The van der Waals surface area contributed by atoms with Crippen LogP contribution in [0.15, 0.2) is 23.1 Å². The van der Waals surface area contributed by atoms with Crippen molar-refractivity contribution in [3.8, 4) is 0 Å². The van der Waals surface area contributed by atoms with Crippen molar-refractivity contribution in [2.45, 2.75) is 17.7 Å². The zero-order chi connectivity index (χ0) is 15.2. The van der Waals surface area contributed by atoms with E-state index in [1.165, 1.54) is 12.1 Å². The van der Waals surface area contributed by atoms with Crippen LogP contribution in [0.5, 0.6) is 0 Å². The molecule has 0 aliphatic heterocycles. The van der Waals surface area contributed by atoms with Gasteiger partial charge in [0.15, 0.2) is 0 Å². The van der Waals surface area contributed by atoms with Gasteiger partial charge in [-0.3, -0.25) is 0 Å². The van der Waals surface area contributed by atoms with Gasteiger partial charge in [-0.2, -0.15) is 11.8 Å². The number of hydrogen-bond donors (Lipinski definition) is 3. The van der Waals surface area contributed by atoms with Gasteiger partial charge in [-0.05, 0) is 43.0 Å². The summed E-state index contributed by atoms with van der Waals surface area (Å²) in [7, 11) is -3.86. The van der Waals surface area contributed by atoms with E-state index in [0.29, 0.717) is 6.42 Å².